The van der Waals surface area contributed by atoms with Crippen molar-refractivity contribution in [1.82, 2.24) is 19.2 Å². The number of nitrogens with one attached hydrogen (secondary N) is 5. The van der Waals surface area contributed by atoms with E-state index in [4.69, 9.17) is 42.1 Å². The molecule has 1 fully saturated rings. The van der Waals surface area contributed by atoms with Crippen molar-refractivity contribution in [2.45, 2.75) is 129 Å². The lowest BCUT2D eigenvalue weighted by molar-refractivity contribution is 0.0700. The molecule has 28 heteroatoms. The van der Waals surface area contributed by atoms with Gasteiger partial charge in [-0.05, 0) is 260 Å². The van der Waals surface area contributed by atoms with Gasteiger partial charge >= 0.3 is 5.97 Å². The van der Waals surface area contributed by atoms with E-state index in [0.29, 0.717) is 111 Å². The van der Waals surface area contributed by atoms with E-state index in [9.17, 15) is 49.5 Å². The number of sulfonamides is 3. The molecule has 11 aromatic carbocycles. The van der Waals surface area contributed by atoms with E-state index in [1.54, 1.807) is 24.3 Å². The van der Waals surface area contributed by atoms with Gasteiger partial charge in [0.1, 0.15) is 33.6 Å². The van der Waals surface area contributed by atoms with Crippen molar-refractivity contribution < 1.29 is 68.5 Å². The molecule has 668 valence electrons. The first-order valence-electron chi connectivity index (χ1n) is 42.6. The fraction of sp³-hybridized carbons (Fsp3) is 0.248. The van der Waals surface area contributed by atoms with Crippen molar-refractivity contribution in [2.75, 3.05) is 38.0 Å². The van der Waals surface area contributed by atoms with Gasteiger partial charge in [0.05, 0.1) is 63.8 Å². The number of aromatic nitrogens is 1. The van der Waals surface area contributed by atoms with Crippen LogP contribution in [-0.4, -0.2) is 97.0 Å². The molecule has 4 aromatic heterocycles. The molecule has 0 radical (unpaired) electrons. The van der Waals surface area contributed by atoms with E-state index in [1.807, 2.05) is 204 Å². The number of aromatic amines is 1. The van der Waals surface area contributed by atoms with Gasteiger partial charge in [-0.1, -0.05) is 199 Å². The average molecular weight is 1890 g/mol. The van der Waals surface area contributed by atoms with E-state index in [1.165, 1.54) is 57.1 Å². The van der Waals surface area contributed by atoms with Crippen molar-refractivity contribution in [3.63, 3.8) is 0 Å². The predicted molar refractivity (Wildman–Crippen MR) is 522 cm³/mol. The number of carbonyl (C=O) groups is 4. The number of ether oxygens (including phenoxy) is 4. The van der Waals surface area contributed by atoms with E-state index in [-0.39, 0.29) is 11.4 Å². The molecule has 6 N–H and O–H groups in total. The predicted octanol–water partition coefficient (Wildman–Crippen LogP) is 22.6. The summed E-state index contributed by atoms with van der Waals surface area (Å²) in [5.41, 5.74) is 13.8. The number of carbonyl (C=O) groups excluding carboxylic acids is 3. The van der Waals surface area contributed by atoms with Gasteiger partial charge in [-0.15, -0.1) is 34.0 Å². The second kappa shape index (κ2) is 42.8. The number of rotatable bonds is 33. The third-order valence-electron chi connectivity index (χ3n) is 22.1. The molecule has 4 heterocycles. The molecule has 0 aliphatic heterocycles. The van der Waals surface area contributed by atoms with Gasteiger partial charge in [-0.2, -0.15) is 0 Å². The molecule has 0 bridgehead atoms. The molecule has 17 rings (SSSR count). The fourth-order valence-electron chi connectivity index (χ4n) is 15.9. The van der Waals surface area contributed by atoms with E-state index >= 15 is 0 Å². The van der Waals surface area contributed by atoms with Crippen LogP contribution in [0.4, 0.5) is 5.69 Å². The maximum Gasteiger partial charge on any atom is 0.346 e. The number of thiophene rings is 3. The van der Waals surface area contributed by atoms with E-state index in [0.717, 1.165) is 161 Å². The summed E-state index contributed by atoms with van der Waals surface area (Å²) < 4.78 is 106. The summed E-state index contributed by atoms with van der Waals surface area (Å²) >= 11 is 16.4. The topological polar surface area (TPSA) is 292 Å². The van der Waals surface area contributed by atoms with Crippen molar-refractivity contribution in [2.24, 2.45) is 0 Å². The zero-order valence-corrected chi connectivity index (χ0v) is 78.3. The molecule has 1 saturated carbocycles. The maximum atomic E-state index is 13.1. The highest BCUT2D eigenvalue weighted by Crippen LogP contribution is 2.41. The van der Waals surface area contributed by atoms with Crippen molar-refractivity contribution in [3.8, 4) is 23.0 Å². The lowest BCUT2D eigenvalue weighted by Gasteiger charge is -2.11. The molecule has 15 aromatic rings. The van der Waals surface area contributed by atoms with Crippen LogP contribution in [-0.2, 0) is 80.9 Å². The number of H-pyrrole nitrogens is 1. The van der Waals surface area contributed by atoms with Crippen molar-refractivity contribution in [3.05, 3.63) is 334 Å². The number of fused-ring (bicyclic) bond motifs is 6. The highest BCUT2D eigenvalue weighted by atomic mass is 35.5. The van der Waals surface area contributed by atoms with Gasteiger partial charge in [-0.3, -0.25) is 14.4 Å². The SMILES string of the molecule is CS(=O)(=O)NC(=O)c1[nH]c2ccccc2c1CCCOc1cccc2c1CCC2.Cc1cc(OCCCc2c(C(=O)NS(=O)(=O)C3CC3)sc3ccccc23)cc(C)c1Cl.Cc1cc(OCCCc2c(C(=O)NS(=O)(=O)Cc3ccccc3)sc3ccccc23)cc(C)c1Cl.O=C(O)c1sc2c(NCc3ccccc3)cccc2c1CCCOc1cccc2ccccc12. The Morgan fingerprint density at radius 1 is 0.457 bits per heavy atom. The Hall–Kier alpha value is -11.6. The maximum absolute atomic E-state index is 13.1. The number of carboxylic acid groups (broad SMARTS) is 1. The van der Waals surface area contributed by atoms with Crippen LogP contribution in [0.15, 0.2) is 237 Å². The Bertz CT molecular complexity index is 6920. The number of para-hydroxylation sites is 1. The summed E-state index contributed by atoms with van der Waals surface area (Å²) in [7, 11) is -11.1. The molecule has 20 nitrogen and oxygen atoms in total. The number of halogens is 2. The molecule has 0 saturated heterocycles. The number of anilines is 1. The van der Waals surface area contributed by atoms with E-state index in [2.05, 4.69) is 60.9 Å². The summed E-state index contributed by atoms with van der Waals surface area (Å²) in [6.45, 7) is 10.4. The number of hydrogen-bond donors (Lipinski definition) is 6. The van der Waals surface area contributed by atoms with Crippen LogP contribution in [0.3, 0.4) is 0 Å². The second-order valence-corrected chi connectivity index (χ2v) is 41.2. The van der Waals surface area contributed by atoms with Crippen LogP contribution in [0.25, 0.3) is 51.9 Å². The number of amides is 3. The fourth-order valence-corrected chi connectivity index (χ4v) is 22.5. The van der Waals surface area contributed by atoms with Crippen LogP contribution in [0, 0.1) is 27.7 Å². The van der Waals surface area contributed by atoms with Crippen molar-refractivity contribution in [1.29, 1.82) is 0 Å². The third kappa shape index (κ3) is 24.3. The molecular formula is C101H99Cl2N5O15S6. The monoisotopic (exact) mass is 1880 g/mol. The van der Waals surface area contributed by atoms with Crippen LogP contribution < -0.4 is 38.4 Å². The Labute approximate surface area is 773 Å². The van der Waals surface area contributed by atoms with Crippen molar-refractivity contribution >= 4 is 169 Å². The van der Waals surface area contributed by atoms with E-state index < -0.39 is 59.0 Å². The van der Waals surface area contributed by atoms with Crippen LogP contribution in [0.5, 0.6) is 23.0 Å². The Balaban J connectivity index is 0.000000139. The zero-order valence-electron chi connectivity index (χ0n) is 71.9. The number of hydrogen-bond acceptors (Lipinski definition) is 18. The molecule has 0 unspecified atom stereocenters. The lowest BCUT2D eigenvalue weighted by Crippen LogP contribution is -2.33. The summed E-state index contributed by atoms with van der Waals surface area (Å²) in [6, 6.07) is 76.1. The standard InChI is InChI=1S/C29H25NO3S.C27H26ClNO4S2.C23H24ClNO4S2.C22H24N2O4S/c31-29(32)28-24(15-8-18-33-26-17-6-12-21-11-4-5-13-22(21)26)23-14-7-16-25(27(23)34-28)30-19-20-9-2-1-3-10-20;1-18-15-21(16-19(2)25(18)28)33-14-8-12-23-22-11-6-7-13-24(22)34-26(23)27(30)29-35(31,32)17-20-9-4-3-5-10-20;1-14-12-16(13-15(2)21(14)24)29-11-5-7-19-18-6-3-4-8-20(18)30-22(19)23(26)25-31(27,28)17-9-10-17;1-29(26,27)24-22(25)21-18(17-9-2-3-12-19(17)23-21)11-6-14-28-20-13-5-8-15-7-4-10-16(15)20/h1-7,9-14,16-17,30H,8,15,18-19H2,(H,31,32);3-7,9-11,13,15-16H,8,12,14,17H2,1-2H3,(H,29,30);3-4,6,8,12-13,17H,5,7,9-11H2,1-2H3,(H,25,26);2-3,5,8-9,12-13,23H,4,6-7,10-11,14H2,1H3,(H,24,25). The number of aromatic carboxylic acids is 1. The van der Waals surface area contributed by atoms with Crippen LogP contribution in [0.1, 0.15) is 151 Å². The highest BCUT2D eigenvalue weighted by molar-refractivity contribution is 7.91. The van der Waals surface area contributed by atoms with Gasteiger partial charge in [0.2, 0.25) is 30.1 Å². The molecule has 0 spiro atoms. The minimum absolute atomic E-state index is 0.256. The normalized spacial score (nSPS) is 12.4. The number of aryl methyl sites for hydroxylation is 9. The first-order chi connectivity index (χ1) is 62.1. The molecule has 0 atom stereocenters. The number of carboxylic acids is 1. The Morgan fingerprint density at radius 2 is 0.922 bits per heavy atom. The van der Waals surface area contributed by atoms with Gasteiger partial charge < -0.3 is 34.4 Å². The summed E-state index contributed by atoms with van der Waals surface area (Å²) in [6.07, 6.45) is 10.8. The average Bonchev–Trinajstić information content (AvgIpc) is 1.60. The minimum atomic E-state index is -3.84. The van der Waals surface area contributed by atoms with Gasteiger partial charge in [0.15, 0.2) is 0 Å². The minimum Gasteiger partial charge on any atom is -0.494 e. The zero-order chi connectivity index (χ0) is 90.9. The summed E-state index contributed by atoms with van der Waals surface area (Å²) in [4.78, 5) is 54.8. The molecule has 2 aliphatic carbocycles. The Morgan fingerprint density at radius 3 is 1.50 bits per heavy atom. The quantitative estimate of drug-likeness (QED) is 0.0208. The van der Waals surface area contributed by atoms with Gasteiger partial charge in [-0.25, -0.2) is 44.2 Å². The summed E-state index contributed by atoms with van der Waals surface area (Å²) in [5.74, 6) is 0.435. The largest absolute Gasteiger partial charge is 0.494 e. The molecule has 129 heavy (non-hydrogen) atoms. The first kappa shape index (κ1) is 93.6. The van der Waals surface area contributed by atoms with Crippen LogP contribution >= 0.6 is 57.2 Å². The van der Waals surface area contributed by atoms with Gasteiger partial charge in [0, 0.05) is 42.3 Å². The van der Waals surface area contributed by atoms with Crippen LogP contribution in [0.2, 0.25) is 10.0 Å². The second-order valence-electron chi connectivity index (χ2n) is 31.9. The third-order valence-corrected chi connectivity index (χ3v) is 30.6. The molecular weight excluding hydrogens is 1790 g/mol. The summed E-state index contributed by atoms with van der Waals surface area (Å²) in [5, 5.41) is 20.5. The smallest absolute Gasteiger partial charge is 0.346 e. The molecule has 3 amide bonds. The molecule has 2 aliphatic rings. The first-order valence-corrected chi connectivity index (χ1v) is 50.9. The van der Waals surface area contributed by atoms with Gasteiger partial charge in [0.25, 0.3) is 17.7 Å². The Kier molecular flexibility index (Phi) is 31.0. The lowest BCUT2D eigenvalue weighted by atomic mass is 10.0. The number of benzene rings is 11. The highest BCUT2D eigenvalue weighted by Gasteiger charge is 2.38.